The molecule has 6 nitrogen and oxygen atoms in total. The third-order valence-corrected chi connectivity index (χ3v) is 3.20. The van der Waals surface area contributed by atoms with Gasteiger partial charge in [-0.15, -0.1) is 11.3 Å². The molecule has 2 amide bonds. The zero-order chi connectivity index (χ0) is 14.3. The molecule has 1 aromatic rings. The zero-order valence-corrected chi connectivity index (χ0v) is 11.7. The first kappa shape index (κ1) is 15.2. The van der Waals surface area contributed by atoms with Gasteiger partial charge in [0.1, 0.15) is 0 Å². The molecular weight excluding hydrogens is 268 g/mol. The molecule has 0 aliphatic rings. The molecule has 0 aliphatic heterocycles. The minimum atomic E-state index is -0.386. The zero-order valence-electron chi connectivity index (χ0n) is 10.8. The van der Waals surface area contributed by atoms with Crippen molar-refractivity contribution in [2.24, 2.45) is 0 Å². The normalized spacial score (nSPS) is 9.79. The van der Waals surface area contributed by atoms with Crippen molar-refractivity contribution in [3.8, 4) is 0 Å². The van der Waals surface area contributed by atoms with E-state index < -0.39 is 0 Å². The summed E-state index contributed by atoms with van der Waals surface area (Å²) in [5, 5.41) is 4.35. The number of thiophene rings is 1. The van der Waals surface area contributed by atoms with Crippen molar-refractivity contribution < 1.29 is 19.1 Å². The molecule has 104 valence electrons. The fraction of sp³-hybridized carbons (Fsp3) is 0.417. The van der Waals surface area contributed by atoms with Crippen LogP contribution in [0.15, 0.2) is 17.5 Å². The van der Waals surface area contributed by atoms with E-state index >= 15 is 0 Å². The Morgan fingerprint density at radius 3 is 2.74 bits per heavy atom. The minimum absolute atomic E-state index is 0.0437. The van der Waals surface area contributed by atoms with E-state index in [1.54, 1.807) is 24.6 Å². The van der Waals surface area contributed by atoms with E-state index in [0.717, 1.165) is 0 Å². The number of nitrogens with zero attached hydrogens (tertiary/aromatic N) is 1. The number of hydrogen-bond acceptors (Lipinski definition) is 5. The number of nitrogens with one attached hydrogen (secondary N) is 1. The molecule has 7 heteroatoms. The predicted octanol–water partition coefficient (Wildman–Crippen LogP) is 0.499. The Bertz CT molecular complexity index is 445. The van der Waals surface area contributed by atoms with E-state index in [1.807, 2.05) is 0 Å². The molecule has 1 aromatic heterocycles. The van der Waals surface area contributed by atoms with Crippen LogP contribution in [0, 0.1) is 0 Å². The van der Waals surface area contributed by atoms with Crippen LogP contribution in [-0.4, -0.2) is 49.9 Å². The summed E-state index contributed by atoms with van der Waals surface area (Å²) in [7, 11) is 2.85. The van der Waals surface area contributed by atoms with E-state index in [0.29, 0.717) is 4.88 Å². The second kappa shape index (κ2) is 7.52. The monoisotopic (exact) mass is 284 g/mol. The fourth-order valence-electron chi connectivity index (χ4n) is 1.34. The smallest absolute Gasteiger partial charge is 0.307 e. The summed E-state index contributed by atoms with van der Waals surface area (Å²) >= 11 is 1.33. The van der Waals surface area contributed by atoms with Crippen LogP contribution >= 0.6 is 11.3 Å². The van der Waals surface area contributed by atoms with E-state index in [2.05, 4.69) is 10.1 Å². The number of ether oxygens (including phenoxy) is 1. The number of hydrogen-bond donors (Lipinski definition) is 1. The lowest BCUT2D eigenvalue weighted by atomic mass is 10.4. The van der Waals surface area contributed by atoms with Gasteiger partial charge in [0.2, 0.25) is 5.91 Å². The molecule has 19 heavy (non-hydrogen) atoms. The summed E-state index contributed by atoms with van der Waals surface area (Å²) in [6.07, 6.45) is 0.116. The Kier molecular flexibility index (Phi) is 6.01. The van der Waals surface area contributed by atoms with Gasteiger partial charge in [-0.25, -0.2) is 0 Å². The van der Waals surface area contributed by atoms with Crippen LogP contribution in [0.2, 0.25) is 0 Å². The number of esters is 1. The molecule has 0 saturated carbocycles. The number of carbonyl (C=O) groups excluding carboxylic acids is 3. The van der Waals surface area contributed by atoms with Crippen LogP contribution in [0.3, 0.4) is 0 Å². The number of likely N-dealkylation sites (N-methyl/N-ethyl adjacent to an activating group) is 1. The first-order valence-electron chi connectivity index (χ1n) is 5.67. The van der Waals surface area contributed by atoms with Crippen molar-refractivity contribution in [3.05, 3.63) is 22.4 Å². The highest BCUT2D eigenvalue weighted by molar-refractivity contribution is 7.12. The van der Waals surface area contributed by atoms with Crippen molar-refractivity contribution in [2.75, 3.05) is 27.2 Å². The Morgan fingerprint density at radius 1 is 1.42 bits per heavy atom. The molecule has 0 spiro atoms. The summed E-state index contributed by atoms with van der Waals surface area (Å²) in [6, 6.07) is 3.49. The van der Waals surface area contributed by atoms with Gasteiger partial charge in [-0.1, -0.05) is 6.07 Å². The molecule has 0 radical (unpaired) electrons. The lowest BCUT2D eigenvalue weighted by Gasteiger charge is -2.15. The van der Waals surface area contributed by atoms with Gasteiger partial charge in [0.15, 0.2) is 0 Å². The van der Waals surface area contributed by atoms with Gasteiger partial charge < -0.3 is 15.0 Å². The number of rotatable bonds is 6. The Morgan fingerprint density at radius 2 is 2.16 bits per heavy atom. The SMILES string of the molecule is COC(=O)CCNC(=O)CN(C)C(=O)c1cccs1. The summed E-state index contributed by atoms with van der Waals surface area (Å²) in [5.41, 5.74) is 0. The summed E-state index contributed by atoms with van der Waals surface area (Å²) in [4.78, 5) is 36.2. The topological polar surface area (TPSA) is 75.7 Å². The van der Waals surface area contributed by atoms with Gasteiger partial charge in [0.25, 0.3) is 5.91 Å². The molecule has 0 atom stereocenters. The Hall–Kier alpha value is -1.89. The molecule has 0 aromatic carbocycles. The first-order chi connectivity index (χ1) is 9.04. The van der Waals surface area contributed by atoms with E-state index in [1.165, 1.54) is 23.3 Å². The second-order valence-electron chi connectivity index (χ2n) is 3.81. The number of methoxy groups -OCH3 is 1. The van der Waals surface area contributed by atoms with Gasteiger partial charge in [-0.05, 0) is 11.4 Å². The molecule has 1 heterocycles. The van der Waals surface area contributed by atoms with Crippen molar-refractivity contribution in [3.63, 3.8) is 0 Å². The second-order valence-corrected chi connectivity index (χ2v) is 4.76. The van der Waals surface area contributed by atoms with Gasteiger partial charge in [-0.2, -0.15) is 0 Å². The molecule has 1 N–H and O–H groups in total. The van der Waals surface area contributed by atoms with Gasteiger partial charge in [-0.3, -0.25) is 14.4 Å². The third-order valence-electron chi connectivity index (χ3n) is 2.34. The average Bonchev–Trinajstić information content (AvgIpc) is 2.91. The highest BCUT2D eigenvalue weighted by Gasteiger charge is 2.15. The Balaban J connectivity index is 2.32. The molecule has 0 aliphatic carbocycles. The van der Waals surface area contributed by atoms with E-state index in [9.17, 15) is 14.4 Å². The molecule has 0 saturated heterocycles. The van der Waals surface area contributed by atoms with E-state index in [-0.39, 0.29) is 37.3 Å². The van der Waals surface area contributed by atoms with Crippen molar-refractivity contribution >= 4 is 29.1 Å². The predicted molar refractivity (Wildman–Crippen MR) is 70.9 cm³/mol. The van der Waals surface area contributed by atoms with Crippen LogP contribution in [0.5, 0.6) is 0 Å². The highest BCUT2D eigenvalue weighted by atomic mass is 32.1. The average molecular weight is 284 g/mol. The van der Waals surface area contributed by atoms with Crippen molar-refractivity contribution in [1.29, 1.82) is 0 Å². The van der Waals surface area contributed by atoms with E-state index in [4.69, 9.17) is 0 Å². The maximum absolute atomic E-state index is 11.9. The molecule has 0 fully saturated rings. The van der Waals surface area contributed by atoms with Crippen molar-refractivity contribution in [1.82, 2.24) is 10.2 Å². The minimum Gasteiger partial charge on any atom is -0.469 e. The first-order valence-corrected chi connectivity index (χ1v) is 6.55. The van der Waals surface area contributed by atoms with Crippen LogP contribution in [-0.2, 0) is 14.3 Å². The van der Waals surface area contributed by atoms with Crippen LogP contribution in [0.4, 0.5) is 0 Å². The quantitative estimate of drug-likeness (QED) is 0.772. The van der Waals surface area contributed by atoms with Crippen LogP contribution < -0.4 is 5.32 Å². The fourth-order valence-corrected chi connectivity index (χ4v) is 2.06. The van der Waals surface area contributed by atoms with Crippen LogP contribution in [0.1, 0.15) is 16.1 Å². The molecule has 1 rings (SSSR count). The largest absolute Gasteiger partial charge is 0.469 e. The Labute approximate surface area is 115 Å². The maximum Gasteiger partial charge on any atom is 0.307 e. The van der Waals surface area contributed by atoms with Gasteiger partial charge in [0.05, 0.1) is 25.0 Å². The van der Waals surface area contributed by atoms with Gasteiger partial charge in [0, 0.05) is 13.6 Å². The summed E-state index contributed by atoms with van der Waals surface area (Å²) in [6.45, 7) is 0.157. The lowest BCUT2D eigenvalue weighted by Crippen LogP contribution is -2.38. The summed E-state index contributed by atoms with van der Waals surface area (Å²) in [5.74, 6) is -0.891. The molecular formula is C12H16N2O4S. The van der Waals surface area contributed by atoms with Gasteiger partial charge >= 0.3 is 5.97 Å². The standard InChI is InChI=1S/C12H16N2O4S/c1-14(12(17)9-4-3-7-19-9)8-10(15)13-6-5-11(16)18-2/h3-4,7H,5-6,8H2,1-2H3,(H,13,15). The van der Waals surface area contributed by atoms with Crippen molar-refractivity contribution in [2.45, 2.75) is 6.42 Å². The number of amides is 2. The third kappa shape index (κ3) is 5.09. The van der Waals surface area contributed by atoms with Crippen LogP contribution in [0.25, 0.3) is 0 Å². The molecule has 0 bridgehead atoms. The maximum atomic E-state index is 11.9. The molecule has 0 unspecified atom stereocenters. The lowest BCUT2D eigenvalue weighted by molar-refractivity contribution is -0.140. The number of carbonyl (C=O) groups is 3. The highest BCUT2D eigenvalue weighted by Crippen LogP contribution is 2.10. The summed E-state index contributed by atoms with van der Waals surface area (Å²) < 4.78 is 4.45.